The van der Waals surface area contributed by atoms with Gasteiger partial charge in [-0.2, -0.15) is 0 Å². The summed E-state index contributed by atoms with van der Waals surface area (Å²) < 4.78 is 5.61. The number of hydrogen-bond donors (Lipinski definition) is 1. The third kappa shape index (κ3) is 6.87. The summed E-state index contributed by atoms with van der Waals surface area (Å²) in [6, 6.07) is 3.42. The summed E-state index contributed by atoms with van der Waals surface area (Å²) in [5, 5.41) is 2.82. The SMILES string of the molecule is COC(=O)C(CC(C)C)NC(=O)CN1CCN(Cc2ccc(Cl)s2)CC1. The average molecular weight is 402 g/mol. The molecule has 1 saturated heterocycles. The van der Waals surface area contributed by atoms with Gasteiger partial charge in [-0.1, -0.05) is 25.4 Å². The molecule has 1 atom stereocenters. The van der Waals surface area contributed by atoms with Crippen molar-refractivity contribution in [3.8, 4) is 0 Å². The first-order valence-electron chi connectivity index (χ1n) is 8.93. The zero-order chi connectivity index (χ0) is 19.1. The third-order valence-corrected chi connectivity index (χ3v) is 5.58. The molecule has 146 valence electrons. The van der Waals surface area contributed by atoms with Crippen LogP contribution in [-0.2, 0) is 20.9 Å². The van der Waals surface area contributed by atoms with Crippen molar-refractivity contribution < 1.29 is 14.3 Å². The zero-order valence-corrected chi connectivity index (χ0v) is 17.2. The van der Waals surface area contributed by atoms with Crippen LogP contribution in [0, 0.1) is 5.92 Å². The molecule has 1 amide bonds. The quantitative estimate of drug-likeness (QED) is 0.677. The summed E-state index contributed by atoms with van der Waals surface area (Å²) in [6.45, 7) is 8.73. The zero-order valence-electron chi connectivity index (χ0n) is 15.7. The van der Waals surface area contributed by atoms with Gasteiger partial charge in [-0.25, -0.2) is 4.79 Å². The van der Waals surface area contributed by atoms with Crippen LogP contribution in [0.4, 0.5) is 0 Å². The minimum Gasteiger partial charge on any atom is -0.467 e. The number of carbonyl (C=O) groups is 2. The van der Waals surface area contributed by atoms with E-state index in [0.717, 1.165) is 37.1 Å². The maximum atomic E-state index is 12.3. The largest absolute Gasteiger partial charge is 0.467 e. The lowest BCUT2D eigenvalue weighted by atomic mass is 10.0. The van der Waals surface area contributed by atoms with Crippen LogP contribution in [0.15, 0.2) is 12.1 Å². The molecular formula is C18H28ClN3O3S. The van der Waals surface area contributed by atoms with Crippen molar-refractivity contribution in [3.05, 3.63) is 21.3 Å². The van der Waals surface area contributed by atoms with Crippen molar-refractivity contribution in [3.63, 3.8) is 0 Å². The molecule has 2 heterocycles. The molecule has 0 radical (unpaired) electrons. The first kappa shape index (κ1) is 21.2. The Kier molecular flexibility index (Phi) is 8.34. The number of methoxy groups -OCH3 is 1. The van der Waals surface area contributed by atoms with Gasteiger partial charge in [0.15, 0.2) is 0 Å². The molecule has 26 heavy (non-hydrogen) atoms. The molecule has 1 N–H and O–H groups in total. The van der Waals surface area contributed by atoms with Crippen LogP contribution in [0.1, 0.15) is 25.1 Å². The van der Waals surface area contributed by atoms with Crippen LogP contribution >= 0.6 is 22.9 Å². The second kappa shape index (κ2) is 10.3. The topological polar surface area (TPSA) is 61.9 Å². The number of halogens is 1. The summed E-state index contributed by atoms with van der Waals surface area (Å²) in [6.07, 6.45) is 0.579. The molecule has 0 saturated carbocycles. The van der Waals surface area contributed by atoms with E-state index in [1.54, 1.807) is 11.3 Å². The molecule has 1 aliphatic heterocycles. The van der Waals surface area contributed by atoms with Gasteiger partial charge in [-0.05, 0) is 24.5 Å². The highest BCUT2D eigenvalue weighted by Crippen LogP contribution is 2.23. The lowest BCUT2D eigenvalue weighted by Gasteiger charge is -2.34. The Labute approximate surface area is 164 Å². The minimum absolute atomic E-state index is 0.125. The molecule has 0 aromatic carbocycles. The van der Waals surface area contributed by atoms with Gasteiger partial charge in [-0.3, -0.25) is 14.6 Å². The number of nitrogens with one attached hydrogen (secondary N) is 1. The predicted molar refractivity (Wildman–Crippen MR) is 104 cm³/mol. The lowest BCUT2D eigenvalue weighted by molar-refractivity contribution is -0.145. The number of esters is 1. The van der Waals surface area contributed by atoms with Gasteiger partial charge in [0.1, 0.15) is 6.04 Å². The van der Waals surface area contributed by atoms with Gasteiger partial charge in [-0.15, -0.1) is 11.3 Å². The molecule has 1 aromatic rings. The first-order chi connectivity index (χ1) is 12.4. The number of carbonyl (C=O) groups excluding carboxylic acids is 2. The third-order valence-electron chi connectivity index (χ3n) is 4.37. The number of piperazine rings is 1. The van der Waals surface area contributed by atoms with E-state index in [0.29, 0.717) is 18.9 Å². The van der Waals surface area contributed by atoms with Crippen LogP contribution in [0.3, 0.4) is 0 Å². The summed E-state index contributed by atoms with van der Waals surface area (Å²) in [5.74, 6) is -0.209. The number of hydrogen-bond acceptors (Lipinski definition) is 6. The second-order valence-corrected chi connectivity index (χ2v) is 8.83. The van der Waals surface area contributed by atoms with E-state index >= 15 is 0 Å². The second-order valence-electron chi connectivity index (χ2n) is 7.03. The van der Waals surface area contributed by atoms with Gasteiger partial charge in [0, 0.05) is 37.6 Å². The summed E-state index contributed by atoms with van der Waals surface area (Å²) in [5.41, 5.74) is 0. The summed E-state index contributed by atoms with van der Waals surface area (Å²) in [4.78, 5) is 29.9. The fourth-order valence-corrected chi connectivity index (χ4v) is 4.16. The van der Waals surface area contributed by atoms with Gasteiger partial charge in [0.25, 0.3) is 0 Å². The van der Waals surface area contributed by atoms with Crippen LogP contribution in [-0.4, -0.2) is 67.6 Å². The van der Waals surface area contributed by atoms with Gasteiger partial charge < -0.3 is 10.1 Å². The van der Waals surface area contributed by atoms with Crippen LogP contribution < -0.4 is 5.32 Å². The average Bonchev–Trinajstić information content (AvgIpc) is 2.99. The van der Waals surface area contributed by atoms with Crippen LogP contribution in [0.5, 0.6) is 0 Å². The van der Waals surface area contributed by atoms with Crippen LogP contribution in [0.25, 0.3) is 0 Å². The van der Waals surface area contributed by atoms with Crippen molar-refractivity contribution in [2.24, 2.45) is 5.92 Å². The van der Waals surface area contributed by atoms with E-state index in [1.807, 2.05) is 19.9 Å². The first-order valence-corrected chi connectivity index (χ1v) is 10.1. The Hall–Kier alpha value is -1.15. The molecular weight excluding hydrogens is 374 g/mol. The molecule has 6 nitrogen and oxygen atoms in total. The van der Waals surface area contributed by atoms with Gasteiger partial charge in [0.05, 0.1) is 18.0 Å². The maximum absolute atomic E-state index is 12.3. The Morgan fingerprint density at radius 3 is 2.42 bits per heavy atom. The highest BCUT2D eigenvalue weighted by atomic mass is 35.5. The number of rotatable bonds is 8. The van der Waals surface area contributed by atoms with Crippen molar-refractivity contribution >= 4 is 34.8 Å². The van der Waals surface area contributed by atoms with E-state index in [-0.39, 0.29) is 11.9 Å². The fraction of sp³-hybridized carbons (Fsp3) is 0.667. The Morgan fingerprint density at radius 1 is 1.23 bits per heavy atom. The molecule has 0 aliphatic carbocycles. The Bertz CT molecular complexity index is 600. The monoisotopic (exact) mass is 401 g/mol. The molecule has 8 heteroatoms. The predicted octanol–water partition coefficient (Wildman–Crippen LogP) is 2.22. The Morgan fingerprint density at radius 2 is 1.88 bits per heavy atom. The molecule has 0 spiro atoms. The van der Waals surface area contributed by atoms with Gasteiger partial charge in [0.2, 0.25) is 5.91 Å². The summed E-state index contributed by atoms with van der Waals surface area (Å²) in [7, 11) is 1.35. The van der Waals surface area contributed by atoms with Crippen molar-refractivity contribution in [2.45, 2.75) is 32.9 Å². The van der Waals surface area contributed by atoms with E-state index in [1.165, 1.54) is 12.0 Å². The van der Waals surface area contributed by atoms with Crippen molar-refractivity contribution in [1.82, 2.24) is 15.1 Å². The van der Waals surface area contributed by atoms with E-state index < -0.39 is 6.04 Å². The molecule has 1 fully saturated rings. The van der Waals surface area contributed by atoms with E-state index in [4.69, 9.17) is 16.3 Å². The molecule has 1 aliphatic rings. The number of nitrogens with zero attached hydrogens (tertiary/aromatic N) is 2. The maximum Gasteiger partial charge on any atom is 0.328 e. The van der Waals surface area contributed by atoms with Gasteiger partial charge >= 0.3 is 5.97 Å². The number of thiophene rings is 1. The number of ether oxygens (including phenoxy) is 1. The highest BCUT2D eigenvalue weighted by molar-refractivity contribution is 7.16. The smallest absolute Gasteiger partial charge is 0.328 e. The standard InChI is InChI=1S/C18H28ClN3O3S/c1-13(2)10-15(18(24)25-3)20-17(23)12-22-8-6-21(7-9-22)11-14-4-5-16(19)26-14/h4-5,13,15H,6-12H2,1-3H3,(H,20,23). The number of amides is 1. The normalized spacial score (nSPS) is 17.3. The minimum atomic E-state index is -0.572. The molecule has 2 rings (SSSR count). The van der Waals surface area contributed by atoms with E-state index in [9.17, 15) is 9.59 Å². The van der Waals surface area contributed by atoms with Crippen molar-refractivity contribution in [2.75, 3.05) is 39.8 Å². The Balaban J connectivity index is 1.75. The molecule has 0 bridgehead atoms. The lowest BCUT2D eigenvalue weighted by Crippen LogP contribution is -2.51. The fourth-order valence-electron chi connectivity index (χ4n) is 3.03. The molecule has 1 unspecified atom stereocenters. The van der Waals surface area contributed by atoms with Crippen molar-refractivity contribution in [1.29, 1.82) is 0 Å². The molecule has 1 aromatic heterocycles. The van der Waals surface area contributed by atoms with E-state index in [2.05, 4.69) is 21.2 Å². The summed E-state index contributed by atoms with van der Waals surface area (Å²) >= 11 is 7.59. The highest BCUT2D eigenvalue weighted by Gasteiger charge is 2.25. The van der Waals surface area contributed by atoms with Crippen LogP contribution in [0.2, 0.25) is 4.34 Å².